The lowest BCUT2D eigenvalue weighted by atomic mass is 9.99. The van der Waals surface area contributed by atoms with Gasteiger partial charge in [-0.05, 0) is 31.0 Å². The summed E-state index contributed by atoms with van der Waals surface area (Å²) in [7, 11) is 1.51. The number of rotatable bonds is 4. The molecule has 4 nitrogen and oxygen atoms in total. The van der Waals surface area contributed by atoms with Gasteiger partial charge in [-0.25, -0.2) is 4.99 Å². The Morgan fingerprint density at radius 1 is 1.48 bits per heavy atom. The Morgan fingerprint density at radius 2 is 2.24 bits per heavy atom. The number of nitrogens with zero attached hydrogens (tertiary/aromatic N) is 2. The molecule has 0 saturated heterocycles. The van der Waals surface area contributed by atoms with Gasteiger partial charge in [0.25, 0.3) is 0 Å². The van der Waals surface area contributed by atoms with Gasteiger partial charge in [-0.3, -0.25) is 0 Å². The molecule has 1 unspecified atom stereocenters. The second kappa shape index (κ2) is 7.48. The summed E-state index contributed by atoms with van der Waals surface area (Å²) in [5.74, 6) is 1.25. The van der Waals surface area contributed by atoms with Crippen LogP contribution in [0.2, 0.25) is 0 Å². The van der Waals surface area contributed by atoms with Crippen molar-refractivity contribution in [2.45, 2.75) is 25.8 Å². The zero-order valence-corrected chi connectivity index (χ0v) is 13.7. The molecule has 1 aromatic rings. The van der Waals surface area contributed by atoms with E-state index in [1.54, 1.807) is 6.21 Å². The number of ether oxygens (including phenoxy) is 1. The van der Waals surface area contributed by atoms with E-state index in [0.29, 0.717) is 11.7 Å². The lowest BCUT2D eigenvalue weighted by Crippen LogP contribution is -2.19. The zero-order chi connectivity index (χ0) is 14.6. The van der Waals surface area contributed by atoms with Crippen molar-refractivity contribution >= 4 is 36.1 Å². The van der Waals surface area contributed by atoms with Crippen molar-refractivity contribution in [2.75, 3.05) is 7.11 Å². The van der Waals surface area contributed by atoms with Crippen molar-refractivity contribution in [1.29, 1.82) is 0 Å². The van der Waals surface area contributed by atoms with E-state index >= 15 is 0 Å². The first kappa shape index (κ1) is 17.5. The molecule has 1 atom stereocenters. The van der Waals surface area contributed by atoms with E-state index < -0.39 is 5.54 Å². The molecule has 0 fully saturated rings. The van der Waals surface area contributed by atoms with E-state index in [0.717, 1.165) is 17.5 Å². The van der Waals surface area contributed by atoms with Crippen molar-refractivity contribution in [3.05, 3.63) is 46.7 Å². The van der Waals surface area contributed by atoms with E-state index in [2.05, 4.69) is 21.9 Å². The molecule has 0 amide bonds. The molecule has 0 N–H and O–H groups in total. The maximum absolute atomic E-state index is 5.83. The number of aliphatic imine (C=N–C) groups is 1. The minimum Gasteiger partial charge on any atom is -0.440 e. The van der Waals surface area contributed by atoms with Gasteiger partial charge >= 0.3 is 0 Å². The lowest BCUT2D eigenvalue weighted by Gasteiger charge is -2.16. The molecule has 1 heterocycles. The van der Waals surface area contributed by atoms with Crippen LogP contribution in [0.5, 0.6) is 0 Å². The molecule has 2 rings (SSSR count). The smallest absolute Gasteiger partial charge is 0.222 e. The average Bonchev–Trinajstić information content (AvgIpc) is 2.83. The summed E-state index contributed by atoms with van der Waals surface area (Å²) >= 11 is 5.83. The first-order valence-electron chi connectivity index (χ1n) is 6.38. The molecular formula is C15H18Cl2N2O2. The molecule has 1 aromatic carbocycles. The van der Waals surface area contributed by atoms with Crippen LogP contribution in [0, 0.1) is 0 Å². The van der Waals surface area contributed by atoms with E-state index in [4.69, 9.17) is 16.3 Å². The third-order valence-electron chi connectivity index (χ3n) is 3.31. The van der Waals surface area contributed by atoms with Gasteiger partial charge in [-0.1, -0.05) is 35.8 Å². The fraction of sp³-hybridized carbons (Fsp3) is 0.333. The Balaban J connectivity index is 0.00000220. The van der Waals surface area contributed by atoms with Gasteiger partial charge in [0, 0.05) is 11.1 Å². The Morgan fingerprint density at radius 3 is 2.81 bits per heavy atom. The first-order valence-corrected chi connectivity index (χ1v) is 6.82. The molecule has 0 bridgehead atoms. The second-order valence-electron chi connectivity index (χ2n) is 4.66. The number of benzene rings is 1. The predicted molar refractivity (Wildman–Crippen MR) is 88.5 cm³/mol. The number of hydrogen-bond acceptors (Lipinski definition) is 4. The summed E-state index contributed by atoms with van der Waals surface area (Å²) in [5, 5.41) is 3.75. The highest BCUT2D eigenvalue weighted by atomic mass is 35.5. The summed E-state index contributed by atoms with van der Waals surface area (Å²) in [6, 6.07) is 7.73. The van der Waals surface area contributed by atoms with Crippen molar-refractivity contribution in [2.24, 2.45) is 10.1 Å². The van der Waals surface area contributed by atoms with E-state index in [-0.39, 0.29) is 12.4 Å². The Labute approximate surface area is 135 Å². The topological polar surface area (TPSA) is 43.2 Å². The molecule has 0 radical (unpaired) electrons. The van der Waals surface area contributed by atoms with Crippen LogP contribution < -0.4 is 0 Å². The molecule has 114 valence electrons. The van der Waals surface area contributed by atoms with Gasteiger partial charge in [0.05, 0.1) is 6.21 Å². The molecule has 6 heteroatoms. The summed E-state index contributed by atoms with van der Waals surface area (Å²) in [4.78, 5) is 9.33. The molecule has 0 spiro atoms. The van der Waals surface area contributed by atoms with Gasteiger partial charge < -0.3 is 9.57 Å². The molecule has 0 aliphatic carbocycles. The standard InChI is InChI=1S/C15H17ClN2O2.ClH/c1-4-15(2)13(9-16)20-14(18-15)12-7-5-6-11(8-12)10-17-19-3;/h5-10H,4H2,1-3H3;1H. The summed E-state index contributed by atoms with van der Waals surface area (Å²) in [5.41, 5.74) is 2.86. The fourth-order valence-electron chi connectivity index (χ4n) is 1.90. The largest absolute Gasteiger partial charge is 0.440 e. The van der Waals surface area contributed by atoms with Gasteiger partial charge in [0.1, 0.15) is 18.4 Å². The van der Waals surface area contributed by atoms with Gasteiger partial charge in [0.2, 0.25) is 5.90 Å². The molecule has 21 heavy (non-hydrogen) atoms. The first-order chi connectivity index (χ1) is 9.62. The third kappa shape index (κ3) is 3.77. The highest BCUT2D eigenvalue weighted by molar-refractivity contribution is 6.26. The summed E-state index contributed by atoms with van der Waals surface area (Å²) in [6.07, 6.45) is 2.45. The van der Waals surface area contributed by atoms with Crippen LogP contribution in [0.4, 0.5) is 0 Å². The van der Waals surface area contributed by atoms with Crippen molar-refractivity contribution < 1.29 is 9.57 Å². The lowest BCUT2D eigenvalue weighted by molar-refractivity contribution is 0.215. The molecular weight excluding hydrogens is 311 g/mol. The van der Waals surface area contributed by atoms with Gasteiger partial charge in [-0.2, -0.15) is 0 Å². The second-order valence-corrected chi connectivity index (χ2v) is 4.88. The van der Waals surface area contributed by atoms with Crippen LogP contribution in [-0.2, 0) is 9.57 Å². The monoisotopic (exact) mass is 328 g/mol. The zero-order valence-electron chi connectivity index (χ0n) is 12.2. The van der Waals surface area contributed by atoms with Crippen LogP contribution in [0.3, 0.4) is 0 Å². The molecule has 0 saturated carbocycles. The Bertz CT molecular complexity index is 585. The highest BCUT2D eigenvalue weighted by Gasteiger charge is 2.36. The van der Waals surface area contributed by atoms with Crippen molar-refractivity contribution in [3.63, 3.8) is 0 Å². The minimum absolute atomic E-state index is 0. The maximum Gasteiger partial charge on any atom is 0.222 e. The highest BCUT2D eigenvalue weighted by Crippen LogP contribution is 2.34. The SMILES string of the molecule is CCC1(C)N=C(c2cccc(C=NOC)c2)OC1=CCl.Cl. The third-order valence-corrected chi connectivity index (χ3v) is 3.51. The maximum atomic E-state index is 5.83. The Hall–Kier alpha value is -1.52. The van der Waals surface area contributed by atoms with Crippen LogP contribution in [0.25, 0.3) is 0 Å². The normalized spacial score (nSPS) is 22.9. The van der Waals surface area contributed by atoms with Crippen LogP contribution in [-0.4, -0.2) is 24.8 Å². The van der Waals surface area contributed by atoms with E-state index in [9.17, 15) is 0 Å². The van der Waals surface area contributed by atoms with Crippen molar-refractivity contribution in [1.82, 2.24) is 0 Å². The van der Waals surface area contributed by atoms with Crippen LogP contribution >= 0.6 is 24.0 Å². The molecule has 1 aliphatic rings. The minimum atomic E-state index is -0.395. The Kier molecular flexibility index (Phi) is 6.24. The quantitative estimate of drug-likeness (QED) is 0.616. The average molecular weight is 329 g/mol. The number of oxime groups is 1. The van der Waals surface area contributed by atoms with Gasteiger partial charge in [-0.15, -0.1) is 12.4 Å². The molecule has 1 aliphatic heterocycles. The van der Waals surface area contributed by atoms with Gasteiger partial charge in [0.15, 0.2) is 0 Å². The summed E-state index contributed by atoms with van der Waals surface area (Å²) < 4.78 is 5.77. The van der Waals surface area contributed by atoms with E-state index in [1.807, 2.05) is 31.2 Å². The number of hydrogen-bond donors (Lipinski definition) is 0. The fourth-order valence-corrected chi connectivity index (χ4v) is 2.18. The van der Waals surface area contributed by atoms with E-state index in [1.165, 1.54) is 12.6 Å². The molecule has 0 aromatic heterocycles. The summed E-state index contributed by atoms with van der Waals surface area (Å²) in [6.45, 7) is 4.06. The predicted octanol–water partition coefficient (Wildman–Crippen LogP) is 4.11. The number of halogens is 2. The van der Waals surface area contributed by atoms with Crippen LogP contribution in [0.15, 0.2) is 45.7 Å². The van der Waals surface area contributed by atoms with Crippen LogP contribution in [0.1, 0.15) is 31.4 Å². The van der Waals surface area contributed by atoms with Crippen molar-refractivity contribution in [3.8, 4) is 0 Å².